The summed E-state index contributed by atoms with van der Waals surface area (Å²) in [6, 6.07) is 19.0. The normalized spacial score (nSPS) is 12.1. The Hall–Kier alpha value is -1.84. The third-order valence-electron chi connectivity index (χ3n) is 3.39. The van der Waals surface area contributed by atoms with Gasteiger partial charge >= 0.3 is 0 Å². The molecule has 0 bridgehead atoms. The van der Waals surface area contributed by atoms with Crippen LogP contribution in [0.3, 0.4) is 0 Å². The zero-order chi connectivity index (χ0) is 14.9. The van der Waals surface area contributed by atoms with Crippen LogP contribution in [0.25, 0.3) is 0 Å². The number of benzene rings is 2. The predicted molar refractivity (Wildman–Crippen MR) is 85.5 cm³/mol. The van der Waals surface area contributed by atoms with E-state index in [2.05, 4.69) is 48.6 Å². The Morgan fingerprint density at radius 2 is 1.67 bits per heavy atom. The molecule has 0 heterocycles. The van der Waals surface area contributed by atoms with Gasteiger partial charge in [0.1, 0.15) is 12.4 Å². The second-order valence-electron chi connectivity index (χ2n) is 5.00. The van der Waals surface area contributed by atoms with Crippen molar-refractivity contribution in [3.05, 3.63) is 65.7 Å². The Labute approximate surface area is 126 Å². The highest BCUT2D eigenvalue weighted by Crippen LogP contribution is 2.15. The van der Waals surface area contributed by atoms with Gasteiger partial charge in [-0.05, 0) is 30.2 Å². The average molecular weight is 285 g/mol. The van der Waals surface area contributed by atoms with Crippen LogP contribution in [0.4, 0.5) is 0 Å². The highest BCUT2D eigenvalue weighted by atomic mass is 16.5. The lowest BCUT2D eigenvalue weighted by molar-refractivity contribution is 0.146. The van der Waals surface area contributed by atoms with Crippen molar-refractivity contribution in [3.8, 4) is 5.75 Å². The fourth-order valence-electron chi connectivity index (χ4n) is 2.08. The van der Waals surface area contributed by atoms with Crippen LogP contribution in [0.2, 0.25) is 0 Å². The van der Waals surface area contributed by atoms with Gasteiger partial charge in [0.15, 0.2) is 0 Å². The van der Waals surface area contributed by atoms with E-state index >= 15 is 0 Å². The summed E-state index contributed by atoms with van der Waals surface area (Å²) in [7, 11) is 1.67. The van der Waals surface area contributed by atoms with Gasteiger partial charge in [-0.25, -0.2) is 0 Å². The molecular formula is C18H23NO2. The predicted octanol–water partition coefficient (Wildman–Crippen LogP) is 3.56. The minimum atomic E-state index is 0.337. The minimum absolute atomic E-state index is 0.337. The first kappa shape index (κ1) is 15.5. The molecule has 0 aliphatic carbocycles. The lowest BCUT2D eigenvalue weighted by atomic mass is 10.1. The van der Waals surface area contributed by atoms with E-state index in [4.69, 9.17) is 9.47 Å². The van der Waals surface area contributed by atoms with Crippen LogP contribution < -0.4 is 10.1 Å². The van der Waals surface area contributed by atoms with E-state index < -0.39 is 0 Å². The molecule has 0 radical (unpaired) electrons. The Bertz CT molecular complexity index is 511. The number of rotatable bonds is 8. The summed E-state index contributed by atoms with van der Waals surface area (Å²) < 4.78 is 10.5. The first-order valence-electron chi connectivity index (χ1n) is 7.28. The smallest absolute Gasteiger partial charge is 0.119 e. The molecule has 0 saturated heterocycles. The molecule has 0 fully saturated rings. The highest BCUT2D eigenvalue weighted by molar-refractivity contribution is 5.27. The van der Waals surface area contributed by atoms with Gasteiger partial charge in [0.05, 0.1) is 6.61 Å². The fourth-order valence-corrected chi connectivity index (χ4v) is 2.08. The van der Waals surface area contributed by atoms with Crippen molar-refractivity contribution in [1.82, 2.24) is 5.32 Å². The molecule has 1 N–H and O–H groups in total. The topological polar surface area (TPSA) is 30.5 Å². The molecule has 0 aliphatic heterocycles. The van der Waals surface area contributed by atoms with Crippen molar-refractivity contribution in [2.24, 2.45) is 0 Å². The first-order valence-corrected chi connectivity index (χ1v) is 7.28. The molecule has 1 unspecified atom stereocenters. The maximum atomic E-state index is 5.55. The van der Waals surface area contributed by atoms with Crippen molar-refractivity contribution in [1.29, 1.82) is 0 Å². The third kappa shape index (κ3) is 5.21. The number of ether oxygens (including phenoxy) is 2. The van der Waals surface area contributed by atoms with Crippen LogP contribution in [0.15, 0.2) is 54.6 Å². The second-order valence-corrected chi connectivity index (χ2v) is 5.00. The lowest BCUT2D eigenvalue weighted by Gasteiger charge is -2.14. The van der Waals surface area contributed by atoms with E-state index in [1.165, 1.54) is 11.1 Å². The summed E-state index contributed by atoms with van der Waals surface area (Å²) in [5.41, 5.74) is 2.55. The van der Waals surface area contributed by atoms with Crippen LogP contribution in [-0.2, 0) is 11.3 Å². The van der Waals surface area contributed by atoms with Crippen LogP contribution in [0, 0.1) is 0 Å². The summed E-state index contributed by atoms with van der Waals surface area (Å²) in [5, 5.41) is 3.53. The molecule has 112 valence electrons. The van der Waals surface area contributed by atoms with E-state index in [0.717, 1.165) is 12.3 Å². The van der Waals surface area contributed by atoms with Gasteiger partial charge in [0.2, 0.25) is 0 Å². The molecule has 3 nitrogen and oxygen atoms in total. The minimum Gasteiger partial charge on any atom is -0.491 e. The molecule has 0 spiro atoms. The van der Waals surface area contributed by atoms with Crippen molar-refractivity contribution < 1.29 is 9.47 Å². The summed E-state index contributed by atoms with van der Waals surface area (Å²) in [6.07, 6.45) is 0. The summed E-state index contributed by atoms with van der Waals surface area (Å²) in [6.45, 7) is 4.21. The maximum Gasteiger partial charge on any atom is 0.119 e. The quantitative estimate of drug-likeness (QED) is 0.752. The van der Waals surface area contributed by atoms with Crippen LogP contribution in [-0.4, -0.2) is 20.3 Å². The van der Waals surface area contributed by atoms with Gasteiger partial charge in [-0.1, -0.05) is 42.5 Å². The Morgan fingerprint density at radius 1 is 0.952 bits per heavy atom. The van der Waals surface area contributed by atoms with Crippen molar-refractivity contribution in [2.75, 3.05) is 20.3 Å². The molecule has 2 rings (SSSR count). The number of methoxy groups -OCH3 is 1. The maximum absolute atomic E-state index is 5.55. The van der Waals surface area contributed by atoms with E-state index in [9.17, 15) is 0 Å². The molecule has 2 aromatic carbocycles. The zero-order valence-electron chi connectivity index (χ0n) is 12.7. The van der Waals surface area contributed by atoms with Gasteiger partial charge in [-0.3, -0.25) is 0 Å². The lowest BCUT2D eigenvalue weighted by Crippen LogP contribution is -2.17. The molecule has 3 heteroatoms. The highest BCUT2D eigenvalue weighted by Gasteiger charge is 2.04. The van der Waals surface area contributed by atoms with Crippen LogP contribution in [0.1, 0.15) is 24.1 Å². The molecular weight excluding hydrogens is 262 g/mol. The Balaban J connectivity index is 1.80. The van der Waals surface area contributed by atoms with E-state index in [1.807, 2.05) is 18.2 Å². The van der Waals surface area contributed by atoms with Gasteiger partial charge in [-0.2, -0.15) is 0 Å². The molecule has 0 saturated carbocycles. The monoisotopic (exact) mass is 285 g/mol. The summed E-state index contributed by atoms with van der Waals surface area (Å²) in [5.74, 6) is 0.881. The molecule has 0 aliphatic rings. The summed E-state index contributed by atoms with van der Waals surface area (Å²) >= 11 is 0. The Morgan fingerprint density at radius 3 is 2.33 bits per heavy atom. The van der Waals surface area contributed by atoms with E-state index in [0.29, 0.717) is 19.3 Å². The zero-order valence-corrected chi connectivity index (χ0v) is 12.7. The summed E-state index contributed by atoms with van der Waals surface area (Å²) in [4.78, 5) is 0. The van der Waals surface area contributed by atoms with Crippen molar-refractivity contribution in [2.45, 2.75) is 19.5 Å². The third-order valence-corrected chi connectivity index (χ3v) is 3.39. The second kappa shape index (κ2) is 8.45. The van der Waals surface area contributed by atoms with Gasteiger partial charge in [-0.15, -0.1) is 0 Å². The number of hydrogen-bond acceptors (Lipinski definition) is 3. The molecule has 21 heavy (non-hydrogen) atoms. The van der Waals surface area contributed by atoms with Crippen molar-refractivity contribution in [3.63, 3.8) is 0 Å². The van der Waals surface area contributed by atoms with E-state index in [1.54, 1.807) is 7.11 Å². The standard InChI is InChI=1S/C18H23NO2/c1-15(17-6-4-3-5-7-17)19-14-16-8-10-18(11-9-16)21-13-12-20-2/h3-11,15,19H,12-14H2,1-2H3. The number of hydrogen-bond donors (Lipinski definition) is 1. The largest absolute Gasteiger partial charge is 0.491 e. The average Bonchev–Trinajstić information content (AvgIpc) is 2.55. The van der Waals surface area contributed by atoms with Gasteiger partial charge in [0.25, 0.3) is 0 Å². The molecule has 2 aromatic rings. The first-order chi connectivity index (χ1) is 10.3. The molecule has 0 aromatic heterocycles. The molecule has 0 amide bonds. The van der Waals surface area contributed by atoms with Crippen LogP contribution in [0.5, 0.6) is 5.75 Å². The fraction of sp³-hybridized carbons (Fsp3) is 0.333. The van der Waals surface area contributed by atoms with Gasteiger partial charge < -0.3 is 14.8 Å². The Kier molecular flexibility index (Phi) is 6.25. The van der Waals surface area contributed by atoms with Crippen LogP contribution >= 0.6 is 0 Å². The van der Waals surface area contributed by atoms with E-state index in [-0.39, 0.29) is 0 Å². The van der Waals surface area contributed by atoms with Gasteiger partial charge in [0, 0.05) is 19.7 Å². The number of nitrogens with one attached hydrogen (secondary N) is 1. The molecule has 1 atom stereocenters. The van der Waals surface area contributed by atoms with Crippen molar-refractivity contribution >= 4 is 0 Å². The SMILES string of the molecule is COCCOc1ccc(CNC(C)c2ccccc2)cc1.